The molecule has 27 heavy (non-hydrogen) atoms. The average molecular weight is 398 g/mol. The van der Waals surface area contributed by atoms with E-state index in [0.29, 0.717) is 11.6 Å². The summed E-state index contributed by atoms with van der Waals surface area (Å²) >= 11 is 3.30. The largest absolute Gasteiger partial charge is 0.489 e. The fourth-order valence-corrected chi connectivity index (χ4v) is 2.11. The highest BCUT2D eigenvalue weighted by Gasteiger charge is 2.14. The first-order valence-corrected chi connectivity index (χ1v) is 8.01. The third-order valence-electron chi connectivity index (χ3n) is 3.43. The summed E-state index contributed by atoms with van der Waals surface area (Å²) in [6, 6.07) is 7.86. The number of benzene rings is 2. The van der Waals surface area contributed by atoms with Gasteiger partial charge in [0.1, 0.15) is 35.7 Å². The van der Waals surface area contributed by atoms with E-state index >= 15 is 0 Å². The Labute approximate surface area is 159 Å². The number of nitrogens with two attached hydrogens (primary N) is 1. The van der Waals surface area contributed by atoms with Gasteiger partial charge in [0.2, 0.25) is 0 Å². The van der Waals surface area contributed by atoms with Crippen LogP contribution in [0.1, 0.15) is 18.1 Å². The van der Waals surface area contributed by atoms with Gasteiger partial charge < -0.3 is 15.3 Å². The molecule has 0 aliphatic carbocycles. The van der Waals surface area contributed by atoms with Crippen molar-refractivity contribution >= 4 is 24.5 Å². The maximum absolute atomic E-state index is 14.3. The molecule has 0 heterocycles. The van der Waals surface area contributed by atoms with Gasteiger partial charge in [-0.3, -0.25) is 4.99 Å². The Morgan fingerprint density at radius 2 is 1.70 bits per heavy atom. The van der Waals surface area contributed by atoms with Crippen molar-refractivity contribution in [1.82, 2.24) is 4.69 Å². The van der Waals surface area contributed by atoms with Gasteiger partial charge in [0.05, 0.1) is 10.3 Å². The zero-order valence-corrected chi connectivity index (χ0v) is 15.4. The van der Waals surface area contributed by atoms with Gasteiger partial charge in [-0.15, -0.1) is 0 Å². The molecule has 0 amide bonds. The predicted octanol–water partition coefficient (Wildman–Crippen LogP) is 3.62. The molecule has 144 valence electrons. The van der Waals surface area contributed by atoms with Crippen LogP contribution in [0.3, 0.4) is 0 Å². The molecule has 0 spiro atoms. The van der Waals surface area contributed by atoms with Crippen molar-refractivity contribution in [1.29, 1.82) is 0 Å². The molecule has 0 unspecified atom stereocenters. The van der Waals surface area contributed by atoms with Crippen molar-refractivity contribution in [3.05, 3.63) is 59.2 Å². The summed E-state index contributed by atoms with van der Waals surface area (Å²) in [6.07, 6.45) is 0. The summed E-state index contributed by atoms with van der Waals surface area (Å²) < 4.78 is 46.1. The summed E-state index contributed by atoms with van der Waals surface area (Å²) in [6.45, 7) is 1.26. The van der Waals surface area contributed by atoms with Crippen molar-refractivity contribution in [2.24, 2.45) is 15.7 Å². The van der Waals surface area contributed by atoms with E-state index in [1.165, 1.54) is 31.3 Å². The van der Waals surface area contributed by atoms with Crippen LogP contribution in [-0.2, 0) is 6.61 Å². The molecule has 2 aromatic carbocycles. The Hall–Kier alpha value is -2.72. The number of nitrogens with zero attached hydrogens (tertiary/aromatic N) is 3. The summed E-state index contributed by atoms with van der Waals surface area (Å²) in [5, 5.41) is 0. The molecule has 0 bridgehead atoms. The Balaban J connectivity index is 2.12. The molecule has 6 nitrogen and oxygen atoms in total. The van der Waals surface area contributed by atoms with Crippen LogP contribution in [-0.4, -0.2) is 23.4 Å². The fourth-order valence-electron chi connectivity index (χ4n) is 2.02. The van der Waals surface area contributed by atoms with Crippen LogP contribution < -0.4 is 15.3 Å². The lowest BCUT2D eigenvalue weighted by Crippen LogP contribution is -2.16. The summed E-state index contributed by atoms with van der Waals surface area (Å²) in [7, 11) is 1.53. The lowest BCUT2D eigenvalue weighted by atomic mass is 10.1. The van der Waals surface area contributed by atoms with E-state index in [0.717, 1.165) is 12.1 Å². The number of ether oxygens (including phenoxy) is 1. The second kappa shape index (κ2) is 9.28. The van der Waals surface area contributed by atoms with E-state index in [4.69, 9.17) is 10.5 Å². The number of rotatable bonds is 6. The Morgan fingerprint density at radius 3 is 2.22 bits per heavy atom. The SMILES string of the molecule is CN=C(C)N=C(N)c1cc(F)c(COc2ccc(ON(F)S)cc2)c(F)c1. The molecule has 0 atom stereocenters. The number of hydrogen-bond acceptors (Lipinski definition) is 5. The van der Waals surface area contributed by atoms with E-state index in [-0.39, 0.29) is 34.0 Å². The first-order chi connectivity index (χ1) is 12.8. The van der Waals surface area contributed by atoms with Crippen LogP contribution in [0.25, 0.3) is 0 Å². The first kappa shape index (κ1) is 20.6. The standard InChI is InChI=1S/C17H17F3N4O2S/c1-10(22-2)23-17(21)11-7-15(18)14(16(19)8-11)9-25-12-3-5-13(6-4-12)26-24(20)27/h3-8,27H,9H2,1-2H3,(H2,21,22,23). The van der Waals surface area contributed by atoms with E-state index in [1.54, 1.807) is 6.92 Å². The monoisotopic (exact) mass is 398 g/mol. The molecular weight excluding hydrogens is 381 g/mol. The number of thiol groups is 1. The van der Waals surface area contributed by atoms with Crippen LogP contribution >= 0.6 is 12.8 Å². The highest BCUT2D eigenvalue weighted by atomic mass is 32.1. The average Bonchev–Trinajstić information content (AvgIpc) is 2.61. The molecule has 10 heteroatoms. The highest BCUT2D eigenvalue weighted by molar-refractivity contribution is 7.77. The molecule has 0 fully saturated rings. The maximum atomic E-state index is 14.3. The second-order valence-corrected chi connectivity index (χ2v) is 5.58. The summed E-state index contributed by atoms with van der Waals surface area (Å²) in [5.74, 6) is -0.838. The number of aliphatic imine (C=N–C) groups is 2. The topological polar surface area (TPSA) is 72.4 Å². The Kier molecular flexibility index (Phi) is 7.08. The number of halogens is 3. The van der Waals surface area contributed by atoms with Crippen molar-refractivity contribution in [3.8, 4) is 11.5 Å². The molecule has 0 radical (unpaired) electrons. The molecule has 0 aliphatic rings. The van der Waals surface area contributed by atoms with Crippen molar-refractivity contribution in [3.63, 3.8) is 0 Å². The smallest absolute Gasteiger partial charge is 0.152 e. The minimum atomic E-state index is -0.822. The molecule has 2 N–H and O–H groups in total. The van der Waals surface area contributed by atoms with Gasteiger partial charge in [0.15, 0.2) is 5.75 Å². The Morgan fingerprint density at radius 1 is 1.15 bits per heavy atom. The molecule has 2 aromatic rings. The van der Waals surface area contributed by atoms with Crippen LogP contribution in [0.15, 0.2) is 46.4 Å². The zero-order chi connectivity index (χ0) is 20.0. The van der Waals surface area contributed by atoms with E-state index in [1.807, 2.05) is 0 Å². The van der Waals surface area contributed by atoms with Crippen LogP contribution in [0.4, 0.5) is 13.3 Å². The van der Waals surface area contributed by atoms with E-state index in [2.05, 4.69) is 27.6 Å². The normalized spacial score (nSPS) is 12.4. The second-order valence-electron chi connectivity index (χ2n) is 5.26. The minimum absolute atomic E-state index is 0.0509. The predicted molar refractivity (Wildman–Crippen MR) is 99.5 cm³/mol. The quantitative estimate of drug-likeness (QED) is 0.256. The molecular formula is C17H17F3N4O2S. The fraction of sp³-hybridized carbons (Fsp3) is 0.176. The summed E-state index contributed by atoms with van der Waals surface area (Å²) in [4.78, 5) is 12.3. The zero-order valence-electron chi connectivity index (χ0n) is 14.5. The van der Waals surface area contributed by atoms with Crippen molar-refractivity contribution in [2.45, 2.75) is 13.5 Å². The highest BCUT2D eigenvalue weighted by Crippen LogP contribution is 2.22. The first-order valence-electron chi connectivity index (χ1n) is 7.61. The van der Waals surface area contributed by atoms with Crippen molar-refractivity contribution in [2.75, 3.05) is 7.05 Å². The molecule has 0 saturated heterocycles. The van der Waals surface area contributed by atoms with Gasteiger partial charge in [-0.2, -0.15) is 0 Å². The minimum Gasteiger partial charge on any atom is -0.489 e. The van der Waals surface area contributed by atoms with Gasteiger partial charge in [0.25, 0.3) is 0 Å². The van der Waals surface area contributed by atoms with E-state index < -0.39 is 11.6 Å². The molecule has 0 aromatic heterocycles. The van der Waals surface area contributed by atoms with Gasteiger partial charge >= 0.3 is 0 Å². The number of amidine groups is 2. The van der Waals surface area contributed by atoms with Gasteiger partial charge in [0, 0.05) is 12.6 Å². The lowest BCUT2D eigenvalue weighted by Gasteiger charge is -2.11. The number of hydrogen-bond donors (Lipinski definition) is 2. The third kappa shape index (κ3) is 5.90. The van der Waals surface area contributed by atoms with Gasteiger partial charge in [-0.25, -0.2) is 13.8 Å². The third-order valence-corrected chi connectivity index (χ3v) is 3.51. The van der Waals surface area contributed by atoms with Crippen LogP contribution in [0, 0.1) is 11.6 Å². The summed E-state index contributed by atoms with van der Waals surface area (Å²) in [5.41, 5.74) is 5.56. The van der Waals surface area contributed by atoms with Crippen LogP contribution in [0.2, 0.25) is 0 Å². The lowest BCUT2D eigenvalue weighted by molar-refractivity contribution is -0.106. The molecule has 2 rings (SSSR count). The van der Waals surface area contributed by atoms with Gasteiger partial charge in [-0.1, -0.05) is 4.48 Å². The molecule has 0 saturated carbocycles. The van der Waals surface area contributed by atoms with Crippen molar-refractivity contribution < 1.29 is 22.8 Å². The Bertz CT molecular complexity index is 835. The van der Waals surface area contributed by atoms with Crippen LogP contribution in [0.5, 0.6) is 11.5 Å². The van der Waals surface area contributed by atoms with Gasteiger partial charge in [-0.05, 0) is 56.1 Å². The molecule has 0 aliphatic heterocycles. The van der Waals surface area contributed by atoms with E-state index in [9.17, 15) is 13.3 Å². The maximum Gasteiger partial charge on any atom is 0.152 e.